The number of ether oxygens (including phenoxy) is 1. The molecule has 0 radical (unpaired) electrons. The van der Waals surface area contributed by atoms with Crippen LogP contribution in [0.25, 0.3) is 10.9 Å². The number of likely N-dealkylation sites (tertiary alicyclic amines) is 1. The predicted octanol–water partition coefficient (Wildman–Crippen LogP) is 4.00. The molecule has 3 unspecified atom stereocenters. The Kier molecular flexibility index (Phi) is 6.27. The number of fused-ring (bicyclic) bond motifs is 1. The Balaban J connectivity index is 1.42. The fraction of sp³-hybridized carbons (Fsp3) is 0.571. The van der Waals surface area contributed by atoms with Crippen LogP contribution in [-0.2, 0) is 19.9 Å². The smallest absolute Gasteiger partial charge is 0.410 e. The second kappa shape index (κ2) is 9.14. The molecule has 3 amide bonds. The molecule has 1 aromatic carbocycles. The highest BCUT2D eigenvalue weighted by Crippen LogP contribution is 2.46. The zero-order valence-corrected chi connectivity index (χ0v) is 21.3. The summed E-state index contributed by atoms with van der Waals surface area (Å²) in [5, 5.41) is 15.3. The van der Waals surface area contributed by atoms with Gasteiger partial charge in [0.15, 0.2) is 0 Å². The lowest BCUT2D eigenvalue weighted by atomic mass is 9.73. The SMILES string of the molecule is CC(C)(C)OC(=O)N1CCC(O)(c2ccc3ncc(C4CCC(=O)NC4=O)cc3c2)C(CC2CC2)C1. The van der Waals surface area contributed by atoms with E-state index in [0.29, 0.717) is 38.3 Å². The quantitative estimate of drug-likeness (QED) is 0.623. The molecule has 0 spiro atoms. The van der Waals surface area contributed by atoms with Gasteiger partial charge >= 0.3 is 6.09 Å². The molecule has 1 saturated carbocycles. The molecule has 192 valence electrons. The number of piperidine rings is 2. The molecule has 2 aromatic rings. The van der Waals surface area contributed by atoms with Crippen LogP contribution in [0.1, 0.15) is 76.3 Å². The third kappa shape index (κ3) is 5.09. The first kappa shape index (κ1) is 24.7. The highest BCUT2D eigenvalue weighted by atomic mass is 16.6. The number of hydrogen-bond donors (Lipinski definition) is 2. The van der Waals surface area contributed by atoms with Crippen molar-refractivity contribution in [3.63, 3.8) is 0 Å². The van der Waals surface area contributed by atoms with Crippen LogP contribution in [0.15, 0.2) is 30.5 Å². The van der Waals surface area contributed by atoms with Crippen molar-refractivity contribution in [2.24, 2.45) is 11.8 Å². The molecular formula is C28H35N3O5. The van der Waals surface area contributed by atoms with Gasteiger partial charge in [-0.15, -0.1) is 0 Å². The number of aliphatic hydroxyl groups is 1. The highest BCUT2D eigenvalue weighted by molar-refractivity contribution is 6.01. The van der Waals surface area contributed by atoms with E-state index in [-0.39, 0.29) is 23.8 Å². The van der Waals surface area contributed by atoms with Crippen LogP contribution >= 0.6 is 0 Å². The Morgan fingerprint density at radius 2 is 2.00 bits per heavy atom. The molecule has 2 N–H and O–H groups in total. The number of carbonyl (C=O) groups is 3. The maximum atomic E-state index is 12.8. The van der Waals surface area contributed by atoms with Gasteiger partial charge in [0.1, 0.15) is 5.60 Å². The van der Waals surface area contributed by atoms with E-state index in [2.05, 4.69) is 10.3 Å². The van der Waals surface area contributed by atoms with Gasteiger partial charge in [0, 0.05) is 37.0 Å². The minimum atomic E-state index is -1.07. The summed E-state index contributed by atoms with van der Waals surface area (Å²) in [6, 6.07) is 7.76. The van der Waals surface area contributed by atoms with E-state index in [4.69, 9.17) is 4.74 Å². The molecule has 36 heavy (non-hydrogen) atoms. The van der Waals surface area contributed by atoms with Crippen molar-refractivity contribution in [3.8, 4) is 0 Å². The Morgan fingerprint density at radius 1 is 1.22 bits per heavy atom. The molecule has 0 bridgehead atoms. The van der Waals surface area contributed by atoms with Crippen molar-refractivity contribution in [1.29, 1.82) is 0 Å². The minimum absolute atomic E-state index is 0.102. The van der Waals surface area contributed by atoms with E-state index >= 15 is 0 Å². The van der Waals surface area contributed by atoms with Crippen LogP contribution < -0.4 is 5.32 Å². The summed E-state index contributed by atoms with van der Waals surface area (Å²) < 4.78 is 5.61. The topological polar surface area (TPSA) is 109 Å². The van der Waals surface area contributed by atoms with Crippen LogP contribution in [0.4, 0.5) is 4.79 Å². The number of amides is 3. The predicted molar refractivity (Wildman–Crippen MR) is 134 cm³/mol. The molecular weight excluding hydrogens is 458 g/mol. The molecule has 1 aliphatic carbocycles. The van der Waals surface area contributed by atoms with Crippen molar-refractivity contribution in [2.45, 2.75) is 76.4 Å². The summed E-state index contributed by atoms with van der Waals surface area (Å²) in [6.07, 6.45) is 5.76. The van der Waals surface area contributed by atoms with Crippen molar-refractivity contribution < 1.29 is 24.2 Å². The van der Waals surface area contributed by atoms with E-state index in [9.17, 15) is 19.5 Å². The number of carbonyl (C=O) groups excluding carboxylic acids is 3. The Hall–Kier alpha value is -3.00. The summed E-state index contributed by atoms with van der Waals surface area (Å²) in [7, 11) is 0. The molecule has 3 aliphatic rings. The second-order valence-electron chi connectivity index (χ2n) is 11.7. The molecule has 2 saturated heterocycles. The van der Waals surface area contributed by atoms with Gasteiger partial charge in [-0.2, -0.15) is 0 Å². The van der Waals surface area contributed by atoms with Crippen LogP contribution in [0.5, 0.6) is 0 Å². The second-order valence-corrected chi connectivity index (χ2v) is 11.7. The zero-order valence-electron chi connectivity index (χ0n) is 21.3. The van der Waals surface area contributed by atoms with E-state index in [0.717, 1.165) is 41.3 Å². The standard InChI is InChI=1S/C28H35N3O5/c1-27(2,3)36-26(34)31-11-10-28(35,21(16-31)12-17-4-5-17)20-6-8-23-18(14-20)13-19(15-29-23)22-7-9-24(32)30-25(22)33/h6,8,13-15,17,21-22,35H,4-5,7,9-12,16H2,1-3H3,(H,30,32,33). The van der Waals surface area contributed by atoms with Gasteiger partial charge in [-0.3, -0.25) is 19.9 Å². The summed E-state index contributed by atoms with van der Waals surface area (Å²) in [6.45, 7) is 6.45. The molecule has 2 aliphatic heterocycles. The number of pyridine rings is 1. The van der Waals surface area contributed by atoms with Gasteiger partial charge in [0.2, 0.25) is 11.8 Å². The fourth-order valence-corrected chi connectivity index (χ4v) is 5.54. The first-order chi connectivity index (χ1) is 17.0. The third-order valence-electron chi connectivity index (χ3n) is 7.69. The lowest BCUT2D eigenvalue weighted by Gasteiger charge is -2.45. The number of imide groups is 1. The van der Waals surface area contributed by atoms with Gasteiger partial charge in [-0.05, 0) is 75.3 Å². The maximum absolute atomic E-state index is 12.8. The Morgan fingerprint density at radius 3 is 2.69 bits per heavy atom. The lowest BCUT2D eigenvalue weighted by Crippen LogP contribution is -2.52. The van der Waals surface area contributed by atoms with Gasteiger partial charge in [0.25, 0.3) is 0 Å². The van der Waals surface area contributed by atoms with Gasteiger partial charge in [-0.25, -0.2) is 4.79 Å². The number of rotatable bonds is 4. The number of nitrogens with zero attached hydrogens (tertiary/aromatic N) is 2. The average Bonchev–Trinajstić information content (AvgIpc) is 3.63. The molecule has 3 atom stereocenters. The van der Waals surface area contributed by atoms with Gasteiger partial charge < -0.3 is 14.7 Å². The Bertz CT molecular complexity index is 1200. The Labute approximate surface area is 211 Å². The van der Waals surface area contributed by atoms with Crippen molar-refractivity contribution in [2.75, 3.05) is 13.1 Å². The summed E-state index contributed by atoms with van der Waals surface area (Å²) in [4.78, 5) is 43.0. The zero-order chi connectivity index (χ0) is 25.7. The summed E-state index contributed by atoms with van der Waals surface area (Å²) in [5.41, 5.74) is 0.725. The first-order valence-corrected chi connectivity index (χ1v) is 13.0. The van der Waals surface area contributed by atoms with Crippen molar-refractivity contribution in [3.05, 3.63) is 41.6 Å². The maximum Gasteiger partial charge on any atom is 0.410 e. The minimum Gasteiger partial charge on any atom is -0.444 e. The normalized spacial score (nSPS) is 27.2. The van der Waals surface area contributed by atoms with Crippen molar-refractivity contribution in [1.82, 2.24) is 15.2 Å². The van der Waals surface area contributed by atoms with E-state index in [1.165, 1.54) is 0 Å². The van der Waals surface area contributed by atoms with Crippen molar-refractivity contribution >= 4 is 28.8 Å². The molecule has 3 heterocycles. The monoisotopic (exact) mass is 493 g/mol. The fourth-order valence-electron chi connectivity index (χ4n) is 5.54. The molecule has 8 nitrogen and oxygen atoms in total. The molecule has 8 heteroatoms. The third-order valence-corrected chi connectivity index (χ3v) is 7.69. The number of nitrogens with one attached hydrogen (secondary N) is 1. The van der Waals surface area contributed by atoms with Crippen LogP contribution in [0.2, 0.25) is 0 Å². The number of benzene rings is 1. The number of hydrogen-bond acceptors (Lipinski definition) is 6. The average molecular weight is 494 g/mol. The van der Waals surface area contributed by atoms with E-state index in [1.54, 1.807) is 11.1 Å². The summed E-state index contributed by atoms with van der Waals surface area (Å²) >= 11 is 0. The lowest BCUT2D eigenvalue weighted by molar-refractivity contribution is -0.134. The summed E-state index contributed by atoms with van der Waals surface area (Å²) in [5.74, 6) is -0.461. The molecule has 3 fully saturated rings. The highest BCUT2D eigenvalue weighted by Gasteiger charge is 2.46. The van der Waals surface area contributed by atoms with Gasteiger partial charge in [-0.1, -0.05) is 18.9 Å². The molecule has 5 rings (SSSR count). The largest absolute Gasteiger partial charge is 0.444 e. The van der Waals surface area contributed by atoms with Crippen LogP contribution in [-0.4, -0.2) is 51.6 Å². The molecule has 1 aromatic heterocycles. The first-order valence-electron chi connectivity index (χ1n) is 13.0. The van der Waals surface area contributed by atoms with Crippen LogP contribution in [0, 0.1) is 11.8 Å². The number of aromatic nitrogens is 1. The van der Waals surface area contributed by atoms with E-state index < -0.39 is 17.1 Å². The van der Waals surface area contributed by atoms with Gasteiger partial charge in [0.05, 0.1) is 17.0 Å². The van der Waals surface area contributed by atoms with E-state index in [1.807, 2.05) is 45.0 Å². The van der Waals surface area contributed by atoms with Crippen LogP contribution in [0.3, 0.4) is 0 Å².